The second-order valence-corrected chi connectivity index (χ2v) is 4.35. The average molecular weight is 244 g/mol. The van der Waals surface area contributed by atoms with Crippen LogP contribution in [0.25, 0.3) is 0 Å². The van der Waals surface area contributed by atoms with Crippen LogP contribution in [0.1, 0.15) is 13.8 Å². The van der Waals surface area contributed by atoms with Crippen molar-refractivity contribution in [3.63, 3.8) is 0 Å². The highest BCUT2D eigenvalue weighted by Gasteiger charge is 2.19. The number of nitrogens with zero attached hydrogens (tertiary/aromatic N) is 2. The van der Waals surface area contributed by atoms with Crippen LogP contribution >= 0.6 is 11.6 Å². The van der Waals surface area contributed by atoms with Gasteiger partial charge in [0.05, 0.1) is 11.7 Å². The molecule has 1 heterocycles. The van der Waals surface area contributed by atoms with Crippen LogP contribution in [-0.2, 0) is 0 Å². The van der Waals surface area contributed by atoms with E-state index in [0.717, 1.165) is 0 Å². The highest BCUT2D eigenvalue weighted by atomic mass is 35.5. The zero-order valence-electron chi connectivity index (χ0n) is 9.12. The second-order valence-electron chi connectivity index (χ2n) is 3.95. The molecular formula is C9H14ClN5O. The highest BCUT2D eigenvalue weighted by Crippen LogP contribution is 2.20. The summed E-state index contributed by atoms with van der Waals surface area (Å²) in [4.78, 5) is 18.4. The number of hydrogen-bond acceptors (Lipinski definition) is 4. The molecule has 1 aromatic rings. The Hall–Kier alpha value is -1.56. The number of nitrogens with two attached hydrogens (primary N) is 1. The van der Waals surface area contributed by atoms with E-state index in [1.165, 1.54) is 12.5 Å². The fourth-order valence-electron chi connectivity index (χ4n) is 1.08. The molecule has 0 saturated heterocycles. The number of hydrogen-bond donors (Lipinski definition) is 3. The summed E-state index contributed by atoms with van der Waals surface area (Å²) in [6.45, 7) is 4.14. The minimum atomic E-state index is -0.566. The molecule has 0 aliphatic carbocycles. The maximum absolute atomic E-state index is 10.6. The first-order chi connectivity index (χ1) is 7.41. The van der Waals surface area contributed by atoms with E-state index in [-0.39, 0.29) is 0 Å². The number of aromatic nitrogens is 2. The Morgan fingerprint density at radius 2 is 2.31 bits per heavy atom. The van der Waals surface area contributed by atoms with Crippen molar-refractivity contribution in [2.75, 3.05) is 11.9 Å². The van der Waals surface area contributed by atoms with Gasteiger partial charge in [-0.2, -0.15) is 0 Å². The van der Waals surface area contributed by atoms with Crippen molar-refractivity contribution in [3.8, 4) is 0 Å². The molecule has 0 bridgehead atoms. The zero-order valence-corrected chi connectivity index (χ0v) is 9.88. The van der Waals surface area contributed by atoms with Crippen molar-refractivity contribution in [3.05, 3.63) is 17.5 Å². The lowest BCUT2D eigenvalue weighted by molar-refractivity contribution is 0.247. The summed E-state index contributed by atoms with van der Waals surface area (Å²) < 4.78 is 0. The SMILES string of the molecule is CC(C)(CNC(N)=O)Nc1ncncc1Cl. The summed E-state index contributed by atoms with van der Waals surface area (Å²) >= 11 is 5.89. The molecule has 6 nitrogen and oxygen atoms in total. The third kappa shape index (κ3) is 3.90. The number of urea groups is 1. The number of amides is 2. The van der Waals surface area contributed by atoms with Gasteiger partial charge >= 0.3 is 6.03 Å². The zero-order chi connectivity index (χ0) is 12.2. The third-order valence-electron chi connectivity index (χ3n) is 1.83. The summed E-state index contributed by atoms with van der Waals surface area (Å²) in [5.41, 5.74) is 4.58. The maximum Gasteiger partial charge on any atom is 0.312 e. The van der Waals surface area contributed by atoms with E-state index in [1.54, 1.807) is 0 Å². The van der Waals surface area contributed by atoms with E-state index in [4.69, 9.17) is 17.3 Å². The maximum atomic E-state index is 10.6. The number of nitrogens with one attached hydrogen (secondary N) is 2. The highest BCUT2D eigenvalue weighted by molar-refractivity contribution is 6.32. The van der Waals surface area contributed by atoms with Crippen LogP contribution in [0.5, 0.6) is 0 Å². The summed E-state index contributed by atoms with van der Waals surface area (Å²) in [6, 6.07) is -0.566. The molecule has 0 radical (unpaired) electrons. The third-order valence-corrected chi connectivity index (χ3v) is 2.11. The Kier molecular flexibility index (Phi) is 3.89. The number of carbonyl (C=O) groups excluding carboxylic acids is 1. The topological polar surface area (TPSA) is 92.9 Å². The Balaban J connectivity index is 2.65. The number of primary amides is 1. The van der Waals surface area contributed by atoms with Gasteiger partial charge in [0.2, 0.25) is 0 Å². The Bertz CT molecular complexity index is 382. The molecule has 16 heavy (non-hydrogen) atoms. The van der Waals surface area contributed by atoms with Gasteiger partial charge in [0.15, 0.2) is 0 Å². The molecule has 0 aliphatic heterocycles. The van der Waals surface area contributed by atoms with Crippen LogP contribution in [0, 0.1) is 0 Å². The molecule has 4 N–H and O–H groups in total. The first-order valence-electron chi connectivity index (χ1n) is 4.68. The van der Waals surface area contributed by atoms with Crippen LogP contribution in [-0.4, -0.2) is 28.1 Å². The van der Waals surface area contributed by atoms with Crippen LogP contribution in [0.2, 0.25) is 5.02 Å². The predicted octanol–water partition coefficient (Wildman–Crippen LogP) is 0.989. The smallest absolute Gasteiger partial charge is 0.312 e. The standard InChI is InChI=1S/C9H14ClN5O/c1-9(2,4-13-8(11)16)15-7-6(10)3-12-5-14-7/h3,5H,4H2,1-2H3,(H3,11,13,16)(H,12,14,15). The van der Waals surface area contributed by atoms with Gasteiger partial charge in [-0.3, -0.25) is 0 Å². The number of carbonyl (C=O) groups is 1. The van der Waals surface area contributed by atoms with Gasteiger partial charge in [-0.1, -0.05) is 11.6 Å². The Morgan fingerprint density at radius 1 is 1.62 bits per heavy atom. The lowest BCUT2D eigenvalue weighted by atomic mass is 10.1. The van der Waals surface area contributed by atoms with Crippen molar-refractivity contribution >= 4 is 23.4 Å². The van der Waals surface area contributed by atoms with Crippen molar-refractivity contribution in [1.29, 1.82) is 0 Å². The Labute approximate surface area is 98.6 Å². The van der Waals surface area contributed by atoms with Gasteiger partial charge < -0.3 is 16.4 Å². The lowest BCUT2D eigenvalue weighted by Crippen LogP contribution is -2.45. The second kappa shape index (κ2) is 4.98. The molecular weight excluding hydrogens is 230 g/mol. The normalized spacial score (nSPS) is 10.9. The van der Waals surface area contributed by atoms with Crippen LogP contribution in [0.3, 0.4) is 0 Å². The van der Waals surface area contributed by atoms with Crippen LogP contribution in [0.4, 0.5) is 10.6 Å². The lowest BCUT2D eigenvalue weighted by Gasteiger charge is -2.27. The van der Waals surface area contributed by atoms with Crippen molar-refractivity contribution < 1.29 is 4.79 Å². The van der Waals surface area contributed by atoms with Gasteiger partial charge in [0.25, 0.3) is 0 Å². The molecule has 7 heteroatoms. The quantitative estimate of drug-likeness (QED) is 0.735. The van der Waals surface area contributed by atoms with Crippen molar-refractivity contribution in [2.24, 2.45) is 5.73 Å². The van der Waals surface area contributed by atoms with Gasteiger partial charge in [0.1, 0.15) is 17.2 Å². The molecule has 1 aromatic heterocycles. The summed E-state index contributed by atoms with van der Waals surface area (Å²) in [6.07, 6.45) is 2.89. The van der Waals surface area contributed by atoms with Gasteiger partial charge in [0, 0.05) is 6.54 Å². The van der Waals surface area contributed by atoms with E-state index in [0.29, 0.717) is 17.4 Å². The van der Waals surface area contributed by atoms with E-state index in [1.807, 2.05) is 13.8 Å². The molecule has 0 unspecified atom stereocenters. The fourth-order valence-corrected chi connectivity index (χ4v) is 1.23. The molecule has 1 rings (SSSR count). The van der Waals surface area contributed by atoms with Gasteiger partial charge in [-0.05, 0) is 13.8 Å². The monoisotopic (exact) mass is 243 g/mol. The van der Waals surface area contributed by atoms with Crippen LogP contribution < -0.4 is 16.4 Å². The molecule has 0 atom stereocenters. The van der Waals surface area contributed by atoms with Crippen molar-refractivity contribution in [2.45, 2.75) is 19.4 Å². The summed E-state index contributed by atoms with van der Waals surface area (Å²) in [7, 11) is 0. The molecule has 0 saturated carbocycles. The molecule has 2 amide bonds. The van der Waals surface area contributed by atoms with Gasteiger partial charge in [-0.25, -0.2) is 14.8 Å². The first-order valence-corrected chi connectivity index (χ1v) is 5.05. The van der Waals surface area contributed by atoms with E-state index >= 15 is 0 Å². The van der Waals surface area contributed by atoms with Crippen LogP contribution in [0.15, 0.2) is 12.5 Å². The van der Waals surface area contributed by atoms with E-state index in [2.05, 4.69) is 20.6 Å². The molecule has 88 valence electrons. The average Bonchev–Trinajstić information content (AvgIpc) is 2.19. The largest absolute Gasteiger partial charge is 0.362 e. The van der Waals surface area contributed by atoms with E-state index < -0.39 is 11.6 Å². The van der Waals surface area contributed by atoms with Gasteiger partial charge in [-0.15, -0.1) is 0 Å². The number of anilines is 1. The first kappa shape index (κ1) is 12.5. The van der Waals surface area contributed by atoms with E-state index in [9.17, 15) is 4.79 Å². The summed E-state index contributed by atoms with van der Waals surface area (Å²) in [5, 5.41) is 6.03. The number of rotatable bonds is 4. The fraction of sp³-hybridized carbons (Fsp3) is 0.444. The molecule has 0 aliphatic rings. The predicted molar refractivity (Wildman–Crippen MR) is 62.3 cm³/mol. The minimum Gasteiger partial charge on any atom is -0.362 e. The molecule has 0 aromatic carbocycles. The molecule has 0 spiro atoms. The molecule has 0 fully saturated rings. The summed E-state index contributed by atoms with van der Waals surface area (Å²) in [5.74, 6) is 0.521. The van der Waals surface area contributed by atoms with Crippen molar-refractivity contribution in [1.82, 2.24) is 15.3 Å². The minimum absolute atomic E-state index is 0.364. The number of halogens is 1. The Morgan fingerprint density at radius 3 is 2.88 bits per heavy atom.